The highest BCUT2D eigenvalue weighted by atomic mass is 16.6. The van der Waals surface area contributed by atoms with E-state index in [0.29, 0.717) is 24.0 Å². The van der Waals surface area contributed by atoms with Crippen LogP contribution in [0.1, 0.15) is 59.8 Å². The van der Waals surface area contributed by atoms with Gasteiger partial charge in [0, 0.05) is 18.8 Å². The van der Waals surface area contributed by atoms with E-state index in [2.05, 4.69) is 19.6 Å². The van der Waals surface area contributed by atoms with Crippen molar-refractivity contribution in [3.05, 3.63) is 35.5 Å². The minimum atomic E-state index is -1.31. The maximum atomic E-state index is 12.9. The van der Waals surface area contributed by atoms with Crippen LogP contribution in [0, 0.1) is 39.9 Å². The number of hydrogen-bond donors (Lipinski definition) is 0. The summed E-state index contributed by atoms with van der Waals surface area (Å²) in [7, 11) is 0. The second kappa shape index (κ2) is 6.51. The molecule has 0 aromatic heterocycles. The first-order valence-corrected chi connectivity index (χ1v) is 10.8. The van der Waals surface area contributed by atoms with Crippen LogP contribution in [0.2, 0.25) is 0 Å². The van der Waals surface area contributed by atoms with E-state index in [-0.39, 0.29) is 34.7 Å². The Morgan fingerprint density at radius 3 is 2.53 bits per heavy atom. The number of esters is 1. The summed E-state index contributed by atoms with van der Waals surface area (Å²) in [5, 5.41) is 9.88. The Balaban J connectivity index is 1.87. The highest BCUT2D eigenvalue weighted by molar-refractivity contribution is 5.94. The number of carbonyl (C=O) groups excluding carboxylic acids is 3. The molecule has 0 unspecified atom stereocenters. The Labute approximate surface area is 177 Å². The standard InChI is InChI=1S/C25H29NO4/c1-14-10-22-19-11-17(13-26)21-12-18(29)6-8-23(21,4)20(19)7-9-24(22,5)25(14,15(2)27)30-16(3)28/h11-12,19-20,22H,1,6-10H2,2-5H3/t19-,20+,22+,23-,24+,25+/m1/s1. The maximum absolute atomic E-state index is 12.9. The molecule has 5 heteroatoms. The number of rotatable bonds is 2. The molecule has 0 heterocycles. The van der Waals surface area contributed by atoms with Crippen molar-refractivity contribution in [2.45, 2.75) is 65.4 Å². The molecule has 30 heavy (non-hydrogen) atoms. The lowest BCUT2D eigenvalue weighted by molar-refractivity contribution is -0.179. The van der Waals surface area contributed by atoms with E-state index in [1.54, 1.807) is 6.08 Å². The average molecular weight is 408 g/mol. The zero-order chi connectivity index (χ0) is 22.1. The third-order valence-electron chi connectivity index (χ3n) is 8.68. The number of Topliss-reactive ketones (excluding diaryl/α,β-unsaturated/α-hetero) is 1. The lowest BCUT2D eigenvalue weighted by atomic mass is 9.47. The number of nitriles is 1. The summed E-state index contributed by atoms with van der Waals surface area (Å²) in [5.41, 5.74) is 0.00587. The van der Waals surface area contributed by atoms with Gasteiger partial charge in [-0.15, -0.1) is 0 Å². The quantitative estimate of drug-likeness (QED) is 0.505. The SMILES string of the molecule is C=C1C[C@H]2[C@@H]3C=C(C#N)C4=CC(=O)CC[C@]4(C)[C@H]3CC[C@]2(C)[C@@]1(OC(C)=O)C(C)=O. The van der Waals surface area contributed by atoms with Gasteiger partial charge in [0.15, 0.2) is 17.2 Å². The molecule has 0 spiro atoms. The smallest absolute Gasteiger partial charge is 0.303 e. The fourth-order valence-corrected chi connectivity index (χ4v) is 7.32. The van der Waals surface area contributed by atoms with Gasteiger partial charge in [0.1, 0.15) is 0 Å². The lowest BCUT2D eigenvalue weighted by Crippen LogP contribution is -2.58. The zero-order valence-corrected chi connectivity index (χ0v) is 18.2. The normalized spacial score (nSPS) is 42.2. The first-order chi connectivity index (χ1) is 14.0. The van der Waals surface area contributed by atoms with Crippen molar-refractivity contribution in [3.8, 4) is 6.07 Å². The summed E-state index contributed by atoms with van der Waals surface area (Å²) in [6, 6.07) is 2.33. The van der Waals surface area contributed by atoms with Crippen molar-refractivity contribution in [1.82, 2.24) is 0 Å². The Morgan fingerprint density at radius 2 is 1.93 bits per heavy atom. The molecular formula is C25H29NO4. The average Bonchev–Trinajstić information content (AvgIpc) is 2.90. The van der Waals surface area contributed by atoms with Crippen LogP contribution < -0.4 is 0 Å². The van der Waals surface area contributed by atoms with E-state index in [0.717, 1.165) is 24.8 Å². The van der Waals surface area contributed by atoms with E-state index < -0.39 is 17.0 Å². The number of fused-ring (bicyclic) bond motifs is 5. The molecule has 0 amide bonds. The van der Waals surface area contributed by atoms with Crippen molar-refractivity contribution < 1.29 is 19.1 Å². The van der Waals surface area contributed by atoms with Crippen LogP contribution in [-0.4, -0.2) is 23.1 Å². The highest BCUT2D eigenvalue weighted by Gasteiger charge is 2.69. The molecule has 4 aliphatic carbocycles. The number of allylic oxidation sites excluding steroid dienone is 4. The van der Waals surface area contributed by atoms with Gasteiger partial charge in [0.25, 0.3) is 0 Å². The summed E-state index contributed by atoms with van der Waals surface area (Å²) in [6.07, 6.45) is 7.11. The van der Waals surface area contributed by atoms with Gasteiger partial charge in [-0.3, -0.25) is 14.4 Å². The third kappa shape index (κ3) is 2.43. The summed E-state index contributed by atoms with van der Waals surface area (Å²) in [5.74, 6) is -0.173. The van der Waals surface area contributed by atoms with Crippen LogP contribution in [0.4, 0.5) is 0 Å². The Kier molecular flexibility index (Phi) is 4.51. The Morgan fingerprint density at radius 1 is 1.23 bits per heavy atom. The number of nitrogens with zero attached hydrogens (tertiary/aromatic N) is 1. The van der Waals surface area contributed by atoms with Crippen molar-refractivity contribution in [3.63, 3.8) is 0 Å². The van der Waals surface area contributed by atoms with E-state index in [9.17, 15) is 19.6 Å². The molecule has 158 valence electrons. The van der Waals surface area contributed by atoms with Crippen LogP contribution in [0.15, 0.2) is 35.5 Å². The third-order valence-corrected chi connectivity index (χ3v) is 8.68. The molecule has 5 nitrogen and oxygen atoms in total. The molecule has 2 saturated carbocycles. The second-order valence-electron chi connectivity index (χ2n) is 10.0. The first kappa shape index (κ1) is 20.8. The summed E-state index contributed by atoms with van der Waals surface area (Å²) in [4.78, 5) is 37.1. The predicted octanol–water partition coefficient (Wildman–Crippen LogP) is 4.25. The lowest BCUT2D eigenvalue weighted by Gasteiger charge is -2.57. The van der Waals surface area contributed by atoms with Gasteiger partial charge in [0.2, 0.25) is 0 Å². The Hall–Kier alpha value is -2.48. The van der Waals surface area contributed by atoms with E-state index in [1.165, 1.54) is 13.8 Å². The van der Waals surface area contributed by atoms with Gasteiger partial charge >= 0.3 is 5.97 Å². The molecule has 0 bridgehead atoms. The molecule has 0 saturated heterocycles. The fraction of sp³-hybridized carbons (Fsp3) is 0.600. The number of ether oxygens (including phenoxy) is 1. The number of ketones is 2. The van der Waals surface area contributed by atoms with Crippen molar-refractivity contribution in [2.75, 3.05) is 0 Å². The molecule has 4 rings (SSSR count). The van der Waals surface area contributed by atoms with Crippen LogP contribution in [0.5, 0.6) is 0 Å². The van der Waals surface area contributed by atoms with Gasteiger partial charge in [-0.1, -0.05) is 26.5 Å². The van der Waals surface area contributed by atoms with Crippen LogP contribution in [0.25, 0.3) is 0 Å². The minimum Gasteiger partial charge on any atom is -0.446 e. The summed E-state index contributed by atoms with van der Waals surface area (Å²) < 4.78 is 5.79. The zero-order valence-electron chi connectivity index (χ0n) is 18.2. The fourth-order valence-electron chi connectivity index (χ4n) is 7.32. The van der Waals surface area contributed by atoms with Crippen LogP contribution in [-0.2, 0) is 19.1 Å². The largest absolute Gasteiger partial charge is 0.446 e. The maximum Gasteiger partial charge on any atom is 0.303 e. The summed E-state index contributed by atoms with van der Waals surface area (Å²) >= 11 is 0. The molecular weight excluding hydrogens is 378 g/mol. The van der Waals surface area contributed by atoms with Crippen molar-refractivity contribution >= 4 is 17.5 Å². The summed E-state index contributed by atoms with van der Waals surface area (Å²) in [6.45, 7) is 11.3. The van der Waals surface area contributed by atoms with Crippen LogP contribution >= 0.6 is 0 Å². The Bertz CT molecular complexity index is 982. The van der Waals surface area contributed by atoms with E-state index >= 15 is 0 Å². The highest BCUT2D eigenvalue weighted by Crippen LogP contribution is 2.68. The minimum absolute atomic E-state index is 0.0475. The van der Waals surface area contributed by atoms with Crippen molar-refractivity contribution in [2.24, 2.45) is 28.6 Å². The molecule has 2 fully saturated rings. The van der Waals surface area contributed by atoms with Gasteiger partial charge in [-0.2, -0.15) is 5.26 Å². The molecule has 4 aliphatic rings. The topological polar surface area (TPSA) is 84.2 Å². The molecule has 6 atom stereocenters. The second-order valence-corrected chi connectivity index (χ2v) is 10.0. The number of carbonyl (C=O) groups is 3. The van der Waals surface area contributed by atoms with Gasteiger partial charge < -0.3 is 4.74 Å². The van der Waals surface area contributed by atoms with Gasteiger partial charge in [-0.25, -0.2) is 0 Å². The van der Waals surface area contributed by atoms with E-state index in [1.807, 2.05) is 13.0 Å². The number of hydrogen-bond acceptors (Lipinski definition) is 5. The van der Waals surface area contributed by atoms with E-state index in [4.69, 9.17) is 4.74 Å². The molecule has 0 N–H and O–H groups in total. The monoisotopic (exact) mass is 407 g/mol. The van der Waals surface area contributed by atoms with Gasteiger partial charge in [0.05, 0.1) is 11.6 Å². The van der Waals surface area contributed by atoms with Crippen LogP contribution in [0.3, 0.4) is 0 Å². The van der Waals surface area contributed by atoms with Crippen molar-refractivity contribution in [1.29, 1.82) is 5.26 Å². The molecule has 0 aromatic rings. The van der Waals surface area contributed by atoms with Gasteiger partial charge in [-0.05, 0) is 73.0 Å². The molecule has 0 aliphatic heterocycles. The predicted molar refractivity (Wildman–Crippen MR) is 111 cm³/mol. The first-order valence-electron chi connectivity index (χ1n) is 10.8. The molecule has 0 radical (unpaired) electrons. The molecule has 0 aromatic carbocycles.